The zero-order valence-electron chi connectivity index (χ0n) is 14.6. The third-order valence-corrected chi connectivity index (χ3v) is 3.05. The van der Waals surface area contributed by atoms with Crippen LogP contribution < -0.4 is 15.8 Å². The minimum absolute atomic E-state index is 0. The van der Waals surface area contributed by atoms with E-state index in [0.717, 1.165) is 17.7 Å². The van der Waals surface area contributed by atoms with E-state index in [1.165, 1.54) is 5.56 Å². The van der Waals surface area contributed by atoms with Crippen molar-refractivity contribution in [1.29, 1.82) is 0 Å². The fraction of sp³-hybridized carbons (Fsp3) is 0.588. The zero-order valence-corrected chi connectivity index (χ0v) is 16.9. The summed E-state index contributed by atoms with van der Waals surface area (Å²) < 4.78 is 5.98. The highest BCUT2D eigenvalue weighted by Crippen LogP contribution is 2.23. The summed E-state index contributed by atoms with van der Waals surface area (Å²) in [6.45, 7) is 12.9. The summed E-state index contributed by atoms with van der Waals surface area (Å²) in [6, 6.07) is 6.19. The number of guanidine groups is 1. The predicted octanol–water partition coefficient (Wildman–Crippen LogP) is 3.99. The smallest absolute Gasteiger partial charge is 0.189 e. The Labute approximate surface area is 151 Å². The number of hydrogen-bond acceptors (Lipinski definition) is 2. The van der Waals surface area contributed by atoms with Gasteiger partial charge in [-0.1, -0.05) is 19.1 Å². The summed E-state index contributed by atoms with van der Waals surface area (Å²) in [4.78, 5) is 4.41. The molecule has 1 aromatic rings. The Kier molecular flexibility index (Phi) is 8.81. The summed E-state index contributed by atoms with van der Waals surface area (Å²) in [5.74, 6) is 1.36. The van der Waals surface area contributed by atoms with E-state index in [2.05, 4.69) is 70.1 Å². The molecule has 0 aliphatic rings. The number of ether oxygens (including phenoxy) is 1. The Hall–Kier alpha value is -0.980. The summed E-state index contributed by atoms with van der Waals surface area (Å²) in [7, 11) is 0. The largest absolute Gasteiger partial charge is 0.490 e. The second-order valence-electron chi connectivity index (χ2n) is 6.52. The molecule has 4 nitrogen and oxygen atoms in total. The van der Waals surface area contributed by atoms with Crippen LogP contribution in [0, 0.1) is 6.92 Å². The maximum Gasteiger partial charge on any atom is 0.189 e. The quantitative estimate of drug-likeness (QED) is 0.431. The van der Waals surface area contributed by atoms with Crippen LogP contribution in [0.15, 0.2) is 23.2 Å². The van der Waals surface area contributed by atoms with Crippen molar-refractivity contribution < 1.29 is 4.74 Å². The number of rotatable bonds is 5. The second-order valence-corrected chi connectivity index (χ2v) is 6.52. The van der Waals surface area contributed by atoms with Gasteiger partial charge < -0.3 is 15.8 Å². The van der Waals surface area contributed by atoms with E-state index >= 15 is 0 Å². The summed E-state index contributed by atoms with van der Waals surface area (Å²) in [6.07, 6.45) is 1.17. The van der Waals surface area contributed by atoms with Crippen LogP contribution in [0.25, 0.3) is 0 Å². The van der Waals surface area contributed by atoms with Crippen molar-refractivity contribution in [3.63, 3.8) is 0 Å². The number of aryl methyl sites for hydroxylation is 1. The van der Waals surface area contributed by atoms with E-state index in [1.807, 2.05) is 0 Å². The van der Waals surface area contributed by atoms with Crippen molar-refractivity contribution in [2.75, 3.05) is 0 Å². The highest BCUT2D eigenvalue weighted by atomic mass is 127. The molecule has 0 saturated heterocycles. The fourth-order valence-electron chi connectivity index (χ4n) is 1.80. The van der Waals surface area contributed by atoms with Gasteiger partial charge in [0.15, 0.2) is 5.96 Å². The number of benzene rings is 1. The fourth-order valence-corrected chi connectivity index (χ4v) is 1.80. The van der Waals surface area contributed by atoms with Crippen molar-refractivity contribution in [1.82, 2.24) is 5.32 Å². The van der Waals surface area contributed by atoms with E-state index in [0.29, 0.717) is 12.5 Å². The highest BCUT2D eigenvalue weighted by Gasteiger charge is 2.11. The molecule has 0 bridgehead atoms. The van der Waals surface area contributed by atoms with Crippen LogP contribution in [-0.4, -0.2) is 17.6 Å². The van der Waals surface area contributed by atoms with Gasteiger partial charge in [0.25, 0.3) is 0 Å². The lowest BCUT2D eigenvalue weighted by atomic mass is 10.1. The van der Waals surface area contributed by atoms with Gasteiger partial charge in [-0.25, -0.2) is 4.99 Å². The highest BCUT2D eigenvalue weighted by molar-refractivity contribution is 14.0. The second kappa shape index (κ2) is 9.22. The summed E-state index contributed by atoms with van der Waals surface area (Å²) in [5.41, 5.74) is 8.06. The molecule has 3 N–H and O–H groups in total. The molecule has 0 aromatic heterocycles. The van der Waals surface area contributed by atoms with Gasteiger partial charge in [-0.15, -0.1) is 24.0 Å². The van der Waals surface area contributed by atoms with Gasteiger partial charge in [0.05, 0.1) is 12.6 Å². The molecule has 1 aromatic carbocycles. The number of nitrogens with one attached hydrogen (secondary N) is 1. The van der Waals surface area contributed by atoms with Gasteiger partial charge in [0.2, 0.25) is 0 Å². The third kappa shape index (κ3) is 7.87. The number of aliphatic imine (C=N–C) groups is 1. The molecule has 0 radical (unpaired) electrons. The van der Waals surface area contributed by atoms with Crippen LogP contribution in [0.3, 0.4) is 0 Å². The topological polar surface area (TPSA) is 59.6 Å². The maximum absolute atomic E-state index is 5.98. The summed E-state index contributed by atoms with van der Waals surface area (Å²) >= 11 is 0. The number of halogens is 1. The molecule has 0 aliphatic carbocycles. The molecular weight excluding hydrogens is 389 g/mol. The molecule has 1 rings (SSSR count). The standard InChI is InChI=1S/C17H29N3O.HI/c1-7-13(3)21-15-10-12(2)8-9-14(15)11-19-16(18)20-17(4,5)6;/h8-10,13H,7,11H2,1-6H3,(H3,18,19,20);1H. The lowest BCUT2D eigenvalue weighted by Gasteiger charge is -2.21. The van der Waals surface area contributed by atoms with E-state index in [9.17, 15) is 0 Å². The molecular formula is C17H30IN3O. The molecule has 5 heteroatoms. The van der Waals surface area contributed by atoms with Crippen molar-refractivity contribution in [3.05, 3.63) is 29.3 Å². The lowest BCUT2D eigenvalue weighted by Crippen LogP contribution is -2.44. The normalized spacial score (nSPS) is 13.3. The third-order valence-electron chi connectivity index (χ3n) is 3.05. The molecule has 1 atom stereocenters. The van der Waals surface area contributed by atoms with Gasteiger partial charge in [-0.05, 0) is 52.7 Å². The number of nitrogens with zero attached hydrogens (tertiary/aromatic N) is 1. The van der Waals surface area contributed by atoms with Crippen LogP contribution >= 0.6 is 24.0 Å². The first-order valence-electron chi connectivity index (χ1n) is 7.55. The minimum atomic E-state index is -0.0864. The minimum Gasteiger partial charge on any atom is -0.490 e. The average molecular weight is 419 g/mol. The van der Waals surface area contributed by atoms with Crippen LogP contribution in [0.5, 0.6) is 5.75 Å². The Balaban J connectivity index is 0.00000441. The van der Waals surface area contributed by atoms with Gasteiger partial charge in [-0.3, -0.25) is 0 Å². The Bertz CT molecular complexity index is 495. The SMILES string of the molecule is CCC(C)Oc1cc(C)ccc1CN=C(N)NC(C)(C)C.I. The van der Waals surface area contributed by atoms with Gasteiger partial charge in [0.1, 0.15) is 5.75 Å². The van der Waals surface area contributed by atoms with Crippen molar-refractivity contribution in [3.8, 4) is 5.75 Å². The average Bonchev–Trinajstić information content (AvgIpc) is 2.35. The van der Waals surface area contributed by atoms with E-state index in [-0.39, 0.29) is 35.6 Å². The Morgan fingerprint density at radius 1 is 1.36 bits per heavy atom. The van der Waals surface area contributed by atoms with Gasteiger partial charge in [-0.2, -0.15) is 0 Å². The first kappa shape index (κ1) is 21.0. The molecule has 126 valence electrons. The molecule has 0 saturated carbocycles. The predicted molar refractivity (Wildman–Crippen MR) is 105 cm³/mol. The monoisotopic (exact) mass is 419 g/mol. The number of nitrogens with two attached hydrogens (primary N) is 1. The Morgan fingerprint density at radius 2 is 2.00 bits per heavy atom. The van der Waals surface area contributed by atoms with Crippen molar-refractivity contribution in [2.45, 2.75) is 66.2 Å². The first-order valence-corrected chi connectivity index (χ1v) is 7.55. The maximum atomic E-state index is 5.98. The van der Waals surface area contributed by atoms with Crippen LogP contribution in [0.1, 0.15) is 52.2 Å². The molecule has 0 fully saturated rings. The van der Waals surface area contributed by atoms with E-state index in [4.69, 9.17) is 10.5 Å². The molecule has 22 heavy (non-hydrogen) atoms. The lowest BCUT2D eigenvalue weighted by molar-refractivity contribution is 0.215. The first-order chi connectivity index (χ1) is 9.71. The van der Waals surface area contributed by atoms with Crippen LogP contribution in [-0.2, 0) is 6.54 Å². The van der Waals surface area contributed by atoms with E-state index < -0.39 is 0 Å². The van der Waals surface area contributed by atoms with E-state index in [1.54, 1.807) is 0 Å². The molecule has 1 unspecified atom stereocenters. The zero-order chi connectivity index (χ0) is 16.0. The van der Waals surface area contributed by atoms with Crippen LogP contribution in [0.4, 0.5) is 0 Å². The molecule has 0 spiro atoms. The summed E-state index contributed by atoms with van der Waals surface area (Å²) in [5, 5.41) is 3.16. The van der Waals surface area contributed by atoms with Gasteiger partial charge >= 0.3 is 0 Å². The number of hydrogen-bond donors (Lipinski definition) is 2. The van der Waals surface area contributed by atoms with Crippen molar-refractivity contribution in [2.24, 2.45) is 10.7 Å². The molecule has 0 amide bonds. The Morgan fingerprint density at radius 3 is 2.55 bits per heavy atom. The van der Waals surface area contributed by atoms with Crippen molar-refractivity contribution >= 4 is 29.9 Å². The van der Waals surface area contributed by atoms with Crippen LogP contribution in [0.2, 0.25) is 0 Å². The molecule has 0 aliphatic heterocycles. The van der Waals surface area contributed by atoms with Gasteiger partial charge in [0, 0.05) is 11.1 Å². The molecule has 0 heterocycles.